The smallest absolute Gasteiger partial charge is 0.226 e. The van der Waals surface area contributed by atoms with Gasteiger partial charge in [0.05, 0.1) is 13.5 Å². The first-order valence-electron chi connectivity index (χ1n) is 12.1. The molecule has 2 aromatic rings. The number of hydrogen-bond acceptors (Lipinski definition) is 3. The third-order valence-electron chi connectivity index (χ3n) is 7.77. The Labute approximate surface area is 202 Å². The second kappa shape index (κ2) is 9.34. The quantitative estimate of drug-likeness (QED) is 0.702. The predicted molar refractivity (Wildman–Crippen MR) is 135 cm³/mol. The lowest BCUT2D eigenvalue weighted by molar-refractivity contribution is -0.132. The molecule has 2 aliphatic heterocycles. The number of fused-ring (bicyclic) bond motifs is 1. The van der Waals surface area contributed by atoms with E-state index in [2.05, 4.69) is 34.5 Å². The normalized spacial score (nSPS) is 19.5. The minimum absolute atomic E-state index is 0.214. The summed E-state index contributed by atoms with van der Waals surface area (Å²) in [6.45, 7) is 3.71. The number of ether oxygens (including phenoxy) is 1. The minimum Gasteiger partial charge on any atom is -0.497 e. The van der Waals surface area contributed by atoms with Crippen LogP contribution in [0.2, 0.25) is 0 Å². The van der Waals surface area contributed by atoms with Gasteiger partial charge in [0.25, 0.3) is 0 Å². The van der Waals surface area contributed by atoms with Crippen molar-refractivity contribution in [2.75, 3.05) is 33.3 Å². The third kappa shape index (κ3) is 4.86. The van der Waals surface area contributed by atoms with Crippen LogP contribution in [-0.2, 0) is 24.1 Å². The van der Waals surface area contributed by atoms with Gasteiger partial charge in [-0.1, -0.05) is 36.4 Å². The van der Waals surface area contributed by atoms with Gasteiger partial charge >= 0.3 is 0 Å². The molecule has 3 aliphatic rings. The standard InChI is InChI=1S/C27H33N3O2S/c1-32-24-8-4-5-20(15-24)16-25(31)29-12-9-27(10-13-29)11-14-30(19-27)26(33)28-23-17-21-6-2-3-7-22(21)18-23/h2-8,15,23H,9-14,16-19H2,1H3,(H,28,33). The number of hydrogen-bond donors (Lipinski definition) is 1. The fourth-order valence-electron chi connectivity index (χ4n) is 5.74. The largest absolute Gasteiger partial charge is 0.497 e. The van der Waals surface area contributed by atoms with Crippen molar-refractivity contribution in [1.82, 2.24) is 15.1 Å². The maximum Gasteiger partial charge on any atom is 0.226 e. The van der Waals surface area contributed by atoms with Gasteiger partial charge in [0.1, 0.15) is 5.75 Å². The van der Waals surface area contributed by atoms with Crippen molar-refractivity contribution in [3.8, 4) is 5.75 Å². The van der Waals surface area contributed by atoms with Crippen LogP contribution < -0.4 is 10.1 Å². The first kappa shape index (κ1) is 22.2. The molecule has 0 radical (unpaired) electrons. The molecule has 1 N–H and O–H groups in total. The number of thiocarbonyl (C=S) groups is 1. The summed E-state index contributed by atoms with van der Waals surface area (Å²) in [6, 6.07) is 16.9. The Hall–Kier alpha value is -2.60. The topological polar surface area (TPSA) is 44.8 Å². The fraction of sp³-hybridized carbons (Fsp3) is 0.481. The molecule has 33 heavy (non-hydrogen) atoms. The van der Waals surface area contributed by atoms with Crippen LogP contribution in [0.4, 0.5) is 0 Å². The molecule has 0 bridgehead atoms. The molecule has 0 aromatic heterocycles. The summed E-state index contributed by atoms with van der Waals surface area (Å²) in [5.41, 5.74) is 4.19. The highest BCUT2D eigenvalue weighted by Gasteiger charge is 2.42. The van der Waals surface area contributed by atoms with Crippen LogP contribution in [0.25, 0.3) is 0 Å². The van der Waals surface area contributed by atoms with Gasteiger partial charge in [-0.05, 0) is 78.6 Å². The van der Waals surface area contributed by atoms with Gasteiger partial charge in [-0.15, -0.1) is 0 Å². The number of nitrogens with one attached hydrogen (secondary N) is 1. The lowest BCUT2D eigenvalue weighted by Gasteiger charge is -2.39. The fourth-order valence-corrected chi connectivity index (χ4v) is 6.07. The zero-order valence-corrected chi connectivity index (χ0v) is 20.2. The molecule has 2 aromatic carbocycles. The van der Waals surface area contributed by atoms with E-state index in [9.17, 15) is 4.79 Å². The zero-order valence-electron chi connectivity index (χ0n) is 19.4. The summed E-state index contributed by atoms with van der Waals surface area (Å²) in [5, 5.41) is 4.54. The summed E-state index contributed by atoms with van der Waals surface area (Å²) in [5.74, 6) is 1.01. The van der Waals surface area contributed by atoms with Gasteiger partial charge in [-0.2, -0.15) is 0 Å². The number of piperidine rings is 1. The highest BCUT2D eigenvalue weighted by atomic mass is 32.1. The van der Waals surface area contributed by atoms with E-state index < -0.39 is 0 Å². The molecule has 5 nitrogen and oxygen atoms in total. The zero-order chi connectivity index (χ0) is 22.8. The highest BCUT2D eigenvalue weighted by molar-refractivity contribution is 7.80. The van der Waals surface area contributed by atoms with Crippen LogP contribution in [0.15, 0.2) is 48.5 Å². The number of nitrogens with zero attached hydrogens (tertiary/aromatic N) is 2. The van der Waals surface area contributed by atoms with E-state index in [1.165, 1.54) is 11.1 Å². The van der Waals surface area contributed by atoms with E-state index in [0.29, 0.717) is 12.5 Å². The third-order valence-corrected chi connectivity index (χ3v) is 8.15. The Bertz CT molecular complexity index is 1010. The summed E-state index contributed by atoms with van der Waals surface area (Å²) in [6.07, 6.45) is 5.83. The van der Waals surface area contributed by atoms with Crippen molar-refractivity contribution in [2.45, 2.75) is 44.6 Å². The van der Waals surface area contributed by atoms with Crippen molar-refractivity contribution in [1.29, 1.82) is 0 Å². The molecule has 0 unspecified atom stereocenters. The maximum atomic E-state index is 12.9. The number of likely N-dealkylation sites (tertiary alicyclic amines) is 2. The number of benzene rings is 2. The van der Waals surface area contributed by atoms with Crippen LogP contribution in [0.1, 0.15) is 36.0 Å². The molecule has 6 heteroatoms. The number of methoxy groups -OCH3 is 1. The first-order chi connectivity index (χ1) is 16.0. The van der Waals surface area contributed by atoms with E-state index in [1.807, 2.05) is 29.2 Å². The number of amides is 1. The Kier molecular flexibility index (Phi) is 6.28. The molecule has 2 fully saturated rings. The minimum atomic E-state index is 0.214. The Morgan fingerprint density at radius 2 is 1.70 bits per heavy atom. The second-order valence-corrected chi connectivity index (χ2v) is 10.3. The number of carbonyl (C=O) groups is 1. The molecule has 5 rings (SSSR count). The van der Waals surface area contributed by atoms with Crippen LogP contribution >= 0.6 is 12.2 Å². The molecule has 174 valence electrons. The molecule has 0 atom stereocenters. The van der Waals surface area contributed by atoms with Crippen LogP contribution in [0.3, 0.4) is 0 Å². The second-order valence-electron chi connectivity index (χ2n) is 9.90. The lowest BCUT2D eigenvalue weighted by Crippen LogP contribution is -2.47. The average Bonchev–Trinajstić information content (AvgIpc) is 3.43. The Morgan fingerprint density at radius 3 is 2.36 bits per heavy atom. The predicted octanol–water partition coefficient (Wildman–Crippen LogP) is 3.59. The molecular formula is C27H33N3O2S. The summed E-state index contributed by atoms with van der Waals surface area (Å²) < 4.78 is 5.29. The van der Waals surface area contributed by atoms with Gasteiger partial charge in [0, 0.05) is 32.2 Å². The monoisotopic (exact) mass is 463 g/mol. The van der Waals surface area contributed by atoms with Gasteiger partial charge in [-0.25, -0.2) is 0 Å². The van der Waals surface area contributed by atoms with Crippen molar-refractivity contribution >= 4 is 23.2 Å². The van der Waals surface area contributed by atoms with E-state index >= 15 is 0 Å². The van der Waals surface area contributed by atoms with Gasteiger partial charge in [0.2, 0.25) is 5.91 Å². The van der Waals surface area contributed by atoms with Crippen molar-refractivity contribution in [2.24, 2.45) is 5.41 Å². The molecule has 0 saturated carbocycles. The molecule has 2 saturated heterocycles. The maximum absolute atomic E-state index is 12.9. The van der Waals surface area contributed by atoms with Crippen LogP contribution in [-0.4, -0.2) is 60.2 Å². The van der Waals surface area contributed by atoms with Gasteiger partial charge in [-0.3, -0.25) is 4.79 Å². The molecule has 2 heterocycles. The number of rotatable bonds is 4. The summed E-state index contributed by atoms with van der Waals surface area (Å²) >= 11 is 5.81. The molecule has 1 spiro atoms. The van der Waals surface area contributed by atoms with Crippen molar-refractivity contribution in [3.63, 3.8) is 0 Å². The van der Waals surface area contributed by atoms with Crippen molar-refractivity contribution in [3.05, 3.63) is 65.2 Å². The van der Waals surface area contributed by atoms with E-state index in [4.69, 9.17) is 17.0 Å². The summed E-state index contributed by atoms with van der Waals surface area (Å²) in [4.78, 5) is 17.3. The first-order valence-corrected chi connectivity index (χ1v) is 12.5. The molecule has 1 aliphatic carbocycles. The van der Waals surface area contributed by atoms with Crippen LogP contribution in [0, 0.1) is 5.41 Å². The van der Waals surface area contributed by atoms with E-state index in [0.717, 1.165) is 74.7 Å². The lowest BCUT2D eigenvalue weighted by atomic mass is 9.77. The van der Waals surface area contributed by atoms with Crippen LogP contribution in [0.5, 0.6) is 5.75 Å². The number of carbonyl (C=O) groups excluding carboxylic acids is 1. The SMILES string of the molecule is COc1cccc(CC(=O)N2CCC3(CC2)CCN(C(=S)NC2Cc4ccccc4C2)C3)c1. The van der Waals surface area contributed by atoms with Gasteiger partial charge < -0.3 is 19.9 Å². The van der Waals surface area contributed by atoms with Crippen molar-refractivity contribution < 1.29 is 9.53 Å². The molecule has 1 amide bonds. The Balaban J connectivity index is 1.10. The Morgan fingerprint density at radius 1 is 1.03 bits per heavy atom. The average molecular weight is 464 g/mol. The van der Waals surface area contributed by atoms with E-state index in [-0.39, 0.29) is 11.3 Å². The highest BCUT2D eigenvalue weighted by Crippen LogP contribution is 2.40. The van der Waals surface area contributed by atoms with Gasteiger partial charge in [0.15, 0.2) is 5.11 Å². The molecular weight excluding hydrogens is 430 g/mol. The van der Waals surface area contributed by atoms with E-state index in [1.54, 1.807) is 7.11 Å². The summed E-state index contributed by atoms with van der Waals surface area (Å²) in [7, 11) is 1.66.